The van der Waals surface area contributed by atoms with Crippen LogP contribution in [0, 0.1) is 17.0 Å². The molecule has 0 bridgehead atoms. The Hall–Kier alpha value is -0.570. The predicted octanol–water partition coefficient (Wildman–Crippen LogP) is 2.80. The minimum atomic E-state index is -4.10. The van der Waals surface area contributed by atoms with Crippen molar-refractivity contribution in [2.24, 2.45) is 5.41 Å². The monoisotopic (exact) mass is 385 g/mol. The Morgan fingerprint density at radius 2 is 1.95 bits per heavy atom. The van der Waals surface area contributed by atoms with Crippen molar-refractivity contribution >= 4 is 26.0 Å². The molecule has 0 heterocycles. The van der Waals surface area contributed by atoms with Gasteiger partial charge in [0.15, 0.2) is 0 Å². The van der Waals surface area contributed by atoms with Gasteiger partial charge in [-0.15, -0.1) is 0 Å². The molecule has 120 valence electrons. The van der Waals surface area contributed by atoms with Gasteiger partial charge in [-0.2, -0.15) is 0 Å². The fourth-order valence-electron chi connectivity index (χ4n) is 1.79. The summed E-state index contributed by atoms with van der Waals surface area (Å²) >= 11 is 2.86. The van der Waals surface area contributed by atoms with Gasteiger partial charge in [-0.05, 0) is 40.3 Å². The molecule has 0 aliphatic carbocycles. The molecule has 0 aromatic heterocycles. The molecule has 4 nitrogen and oxygen atoms in total. The van der Waals surface area contributed by atoms with Crippen LogP contribution in [0.1, 0.15) is 26.7 Å². The largest absolute Gasteiger partial charge is 0.396 e. The van der Waals surface area contributed by atoms with E-state index in [0.717, 1.165) is 6.07 Å². The third-order valence-electron chi connectivity index (χ3n) is 2.98. The van der Waals surface area contributed by atoms with E-state index in [1.165, 1.54) is 0 Å². The smallest absolute Gasteiger partial charge is 0.244 e. The van der Waals surface area contributed by atoms with Crippen LogP contribution in [-0.2, 0) is 10.0 Å². The van der Waals surface area contributed by atoms with Gasteiger partial charge >= 0.3 is 0 Å². The summed E-state index contributed by atoms with van der Waals surface area (Å²) < 4.78 is 53.2. The maximum atomic E-state index is 13.7. The number of aliphatic hydroxyl groups excluding tert-OH is 1. The lowest BCUT2D eigenvalue weighted by Gasteiger charge is -2.24. The molecule has 2 N–H and O–H groups in total. The minimum absolute atomic E-state index is 0.0221. The maximum Gasteiger partial charge on any atom is 0.244 e. The second-order valence-corrected chi connectivity index (χ2v) is 8.07. The van der Waals surface area contributed by atoms with E-state index in [-0.39, 0.29) is 17.6 Å². The van der Waals surface area contributed by atoms with E-state index in [9.17, 15) is 17.2 Å². The van der Waals surface area contributed by atoms with Crippen LogP contribution in [0.2, 0.25) is 0 Å². The first-order valence-corrected chi connectivity index (χ1v) is 8.62. The van der Waals surface area contributed by atoms with E-state index in [1.54, 1.807) is 0 Å². The Morgan fingerprint density at radius 3 is 2.48 bits per heavy atom. The highest BCUT2D eigenvalue weighted by atomic mass is 79.9. The van der Waals surface area contributed by atoms with E-state index in [1.807, 2.05) is 13.8 Å². The van der Waals surface area contributed by atoms with E-state index in [4.69, 9.17) is 5.11 Å². The minimum Gasteiger partial charge on any atom is -0.396 e. The second kappa shape index (κ2) is 7.13. The van der Waals surface area contributed by atoms with Crippen LogP contribution in [0.15, 0.2) is 21.5 Å². The summed E-state index contributed by atoms with van der Waals surface area (Å²) in [7, 11) is -4.10. The fourth-order valence-corrected chi connectivity index (χ4v) is 4.20. The van der Waals surface area contributed by atoms with Gasteiger partial charge in [0.05, 0.1) is 0 Å². The molecular weight excluding hydrogens is 368 g/mol. The molecular formula is C13H18BrF2NO3S. The Bertz CT molecular complexity index is 582. The number of nitrogens with one attached hydrogen (secondary N) is 1. The summed E-state index contributed by atoms with van der Waals surface area (Å²) in [6.07, 6.45) is 1.16. The summed E-state index contributed by atoms with van der Waals surface area (Å²) in [4.78, 5) is -0.609. The van der Waals surface area contributed by atoms with E-state index in [0.29, 0.717) is 18.9 Å². The summed E-state index contributed by atoms with van der Waals surface area (Å²) in [5.41, 5.74) is -0.390. The first kappa shape index (κ1) is 18.5. The highest BCUT2D eigenvalue weighted by Gasteiger charge is 2.26. The highest BCUT2D eigenvalue weighted by molar-refractivity contribution is 9.10. The number of hydrogen-bond acceptors (Lipinski definition) is 3. The normalized spacial score (nSPS) is 12.7. The number of halogens is 3. The predicted molar refractivity (Wildman–Crippen MR) is 79.3 cm³/mol. The van der Waals surface area contributed by atoms with Crippen LogP contribution in [-0.4, -0.2) is 26.7 Å². The molecule has 0 aliphatic rings. The number of aliphatic hydroxyl groups is 1. The van der Waals surface area contributed by atoms with Crippen molar-refractivity contribution < 1.29 is 22.3 Å². The number of benzene rings is 1. The van der Waals surface area contributed by atoms with E-state index >= 15 is 0 Å². The zero-order valence-electron chi connectivity index (χ0n) is 11.8. The van der Waals surface area contributed by atoms with Crippen molar-refractivity contribution in [3.05, 3.63) is 28.2 Å². The Balaban J connectivity index is 2.93. The van der Waals surface area contributed by atoms with Gasteiger partial charge in [-0.1, -0.05) is 13.8 Å². The molecule has 0 aliphatic heterocycles. The lowest BCUT2D eigenvalue weighted by molar-refractivity contribution is 0.242. The Kier molecular flexibility index (Phi) is 6.27. The SMILES string of the molecule is CC(C)(CCCO)CNS(=O)(=O)c1c(F)cc(F)cc1Br. The molecule has 21 heavy (non-hydrogen) atoms. The highest BCUT2D eigenvalue weighted by Crippen LogP contribution is 2.27. The third-order valence-corrected chi connectivity index (χ3v) is 5.35. The summed E-state index contributed by atoms with van der Waals surface area (Å²) in [6, 6.07) is 1.42. The quantitative estimate of drug-likeness (QED) is 0.758. The van der Waals surface area contributed by atoms with Gasteiger partial charge in [0.2, 0.25) is 10.0 Å². The molecule has 0 unspecified atom stereocenters. The standard InChI is InChI=1S/C13H18BrF2NO3S/c1-13(2,4-3-5-18)8-17-21(19,20)12-10(14)6-9(15)7-11(12)16/h6-7,17-18H,3-5,8H2,1-2H3. The molecule has 0 fully saturated rings. The van der Waals surface area contributed by atoms with E-state index in [2.05, 4.69) is 20.7 Å². The zero-order valence-corrected chi connectivity index (χ0v) is 14.2. The topological polar surface area (TPSA) is 66.4 Å². The Morgan fingerprint density at radius 1 is 1.33 bits per heavy atom. The van der Waals surface area contributed by atoms with Crippen LogP contribution in [0.4, 0.5) is 8.78 Å². The van der Waals surface area contributed by atoms with Crippen molar-refractivity contribution in [2.75, 3.05) is 13.2 Å². The number of sulfonamides is 1. The second-order valence-electron chi connectivity index (χ2n) is 5.51. The zero-order chi connectivity index (χ0) is 16.3. The molecule has 0 saturated carbocycles. The molecule has 0 atom stereocenters. The summed E-state index contributed by atoms with van der Waals surface area (Å²) in [6.45, 7) is 3.77. The van der Waals surface area contributed by atoms with Crippen molar-refractivity contribution in [1.82, 2.24) is 4.72 Å². The first-order valence-electron chi connectivity index (χ1n) is 6.34. The first-order chi connectivity index (χ1) is 9.59. The van der Waals surface area contributed by atoms with Crippen molar-refractivity contribution in [3.8, 4) is 0 Å². The lowest BCUT2D eigenvalue weighted by atomic mass is 9.88. The average molecular weight is 386 g/mol. The fraction of sp³-hybridized carbons (Fsp3) is 0.538. The van der Waals surface area contributed by atoms with Gasteiger partial charge in [0.25, 0.3) is 0 Å². The molecule has 1 rings (SSSR count). The van der Waals surface area contributed by atoms with Gasteiger partial charge < -0.3 is 5.11 Å². The van der Waals surface area contributed by atoms with Crippen LogP contribution in [0.25, 0.3) is 0 Å². The van der Waals surface area contributed by atoms with Crippen molar-refractivity contribution in [2.45, 2.75) is 31.6 Å². The lowest BCUT2D eigenvalue weighted by Crippen LogP contribution is -2.34. The molecule has 1 aromatic carbocycles. The molecule has 8 heteroatoms. The third kappa shape index (κ3) is 5.28. The Labute approximate surface area is 131 Å². The molecule has 0 radical (unpaired) electrons. The van der Waals surface area contributed by atoms with Gasteiger partial charge in [-0.25, -0.2) is 21.9 Å². The van der Waals surface area contributed by atoms with Crippen LogP contribution >= 0.6 is 15.9 Å². The molecule has 0 saturated heterocycles. The van der Waals surface area contributed by atoms with Crippen LogP contribution in [0.5, 0.6) is 0 Å². The van der Waals surface area contributed by atoms with Crippen LogP contribution < -0.4 is 4.72 Å². The summed E-state index contributed by atoms with van der Waals surface area (Å²) in [5, 5.41) is 8.80. The number of hydrogen-bond donors (Lipinski definition) is 2. The van der Waals surface area contributed by atoms with Crippen LogP contribution in [0.3, 0.4) is 0 Å². The molecule has 1 aromatic rings. The van der Waals surface area contributed by atoms with E-state index < -0.39 is 32.0 Å². The number of rotatable bonds is 7. The van der Waals surface area contributed by atoms with Gasteiger partial charge in [0, 0.05) is 23.7 Å². The summed E-state index contributed by atoms with van der Waals surface area (Å²) in [5.74, 6) is -2.01. The molecule has 0 amide bonds. The average Bonchev–Trinajstić information content (AvgIpc) is 2.33. The van der Waals surface area contributed by atoms with Gasteiger partial charge in [0.1, 0.15) is 16.5 Å². The van der Waals surface area contributed by atoms with Crippen molar-refractivity contribution in [3.63, 3.8) is 0 Å². The van der Waals surface area contributed by atoms with Gasteiger partial charge in [-0.3, -0.25) is 0 Å². The maximum absolute atomic E-state index is 13.7. The van der Waals surface area contributed by atoms with Crippen molar-refractivity contribution in [1.29, 1.82) is 0 Å². The molecule has 0 spiro atoms.